The third kappa shape index (κ3) is 10.8. The third-order valence-corrected chi connectivity index (χ3v) is 6.12. The first kappa shape index (κ1) is 35.5. The summed E-state index contributed by atoms with van der Waals surface area (Å²) in [6.07, 6.45) is 5.14. The largest absolute Gasteiger partial charge is 0.492 e. The summed E-state index contributed by atoms with van der Waals surface area (Å²) in [6.45, 7) is 11.1. The number of pyridine rings is 1. The van der Waals surface area contributed by atoms with Crippen LogP contribution < -0.4 is 4.74 Å². The van der Waals surface area contributed by atoms with Crippen molar-refractivity contribution in [2.75, 3.05) is 20.8 Å². The van der Waals surface area contributed by atoms with Crippen LogP contribution in [0.1, 0.15) is 64.7 Å². The molecule has 0 fully saturated rings. The predicted molar refractivity (Wildman–Crippen MR) is 167 cm³/mol. The minimum atomic E-state index is -0.500. The van der Waals surface area contributed by atoms with Crippen LogP contribution in [0.25, 0.3) is 16.7 Å². The Balaban J connectivity index is 0.00000108. The van der Waals surface area contributed by atoms with Gasteiger partial charge in [0.05, 0.1) is 17.2 Å². The molecule has 41 heavy (non-hydrogen) atoms. The van der Waals surface area contributed by atoms with Gasteiger partial charge < -0.3 is 24.6 Å². The summed E-state index contributed by atoms with van der Waals surface area (Å²) in [6, 6.07) is 15.8. The predicted octanol–water partition coefficient (Wildman–Crippen LogP) is 6.58. The van der Waals surface area contributed by atoms with E-state index in [4.69, 9.17) is 26.6 Å². The van der Waals surface area contributed by atoms with Gasteiger partial charge in [-0.3, -0.25) is 9.78 Å². The molecule has 0 saturated heterocycles. The standard InChI is InChI=1S/C28H29ClN2O3.C4H10O.CH4O/c1-5-20-11-12-24(27(29)28(20)34-6-2)26(25(15-18-32)31(4)19(3)33)23-9-7-21(8-10-23)22-13-16-30-17-14-22;1-4(2,3)5;1-2/h7-14,16-18H,5-6,15H2,1-4H3;5H,1-3H3;2H,1H3/b26-25+;;. The van der Waals surface area contributed by atoms with E-state index in [-0.39, 0.29) is 12.3 Å². The first-order chi connectivity index (χ1) is 19.4. The van der Waals surface area contributed by atoms with Crippen LogP contribution in [0.3, 0.4) is 0 Å². The van der Waals surface area contributed by atoms with Crippen LogP contribution >= 0.6 is 11.6 Å². The number of nitrogens with zero attached hydrogens (tertiary/aromatic N) is 2. The van der Waals surface area contributed by atoms with Crippen molar-refractivity contribution < 1.29 is 24.5 Å². The zero-order valence-electron chi connectivity index (χ0n) is 25.4. The number of halogens is 1. The highest BCUT2D eigenvalue weighted by Crippen LogP contribution is 2.41. The molecule has 7 nitrogen and oxygen atoms in total. The number of carbonyl (C=O) groups excluding carboxylic acids is 2. The SMILES string of the molecule is CC(C)(C)O.CCOc1c(CC)ccc(/C(=C(\CC=O)N(C)C(C)=O)c2ccc(-c3ccncc3)cc2)c1Cl.CO. The lowest BCUT2D eigenvalue weighted by Crippen LogP contribution is -2.25. The van der Waals surface area contributed by atoms with E-state index in [1.807, 2.05) is 62.4 Å². The Morgan fingerprint density at radius 3 is 2.00 bits per heavy atom. The lowest BCUT2D eigenvalue weighted by atomic mass is 9.91. The Morgan fingerprint density at radius 1 is 1.00 bits per heavy atom. The number of carbonyl (C=O) groups is 2. The van der Waals surface area contributed by atoms with Crippen molar-refractivity contribution in [1.29, 1.82) is 0 Å². The van der Waals surface area contributed by atoms with Gasteiger partial charge in [0.2, 0.25) is 5.91 Å². The quantitative estimate of drug-likeness (QED) is 0.277. The summed E-state index contributed by atoms with van der Waals surface area (Å²) < 4.78 is 5.90. The highest BCUT2D eigenvalue weighted by molar-refractivity contribution is 6.34. The van der Waals surface area contributed by atoms with Gasteiger partial charge in [-0.1, -0.05) is 54.9 Å². The lowest BCUT2D eigenvalue weighted by molar-refractivity contribution is -0.125. The zero-order valence-corrected chi connectivity index (χ0v) is 26.1. The average molecular weight is 583 g/mol. The number of aromatic nitrogens is 1. The van der Waals surface area contributed by atoms with Gasteiger partial charge in [0, 0.05) is 56.7 Å². The molecule has 0 unspecified atom stereocenters. The van der Waals surface area contributed by atoms with E-state index in [2.05, 4.69) is 4.98 Å². The molecular weight excluding hydrogens is 540 g/mol. The van der Waals surface area contributed by atoms with E-state index in [9.17, 15) is 9.59 Å². The number of rotatable bonds is 9. The number of hydrogen-bond donors (Lipinski definition) is 2. The second kappa shape index (κ2) is 17.3. The maximum Gasteiger partial charge on any atom is 0.223 e. The van der Waals surface area contributed by atoms with Gasteiger partial charge in [0.25, 0.3) is 0 Å². The number of ether oxygens (including phenoxy) is 1. The molecule has 0 saturated carbocycles. The van der Waals surface area contributed by atoms with Gasteiger partial charge in [-0.05, 0) is 68.5 Å². The summed E-state index contributed by atoms with van der Waals surface area (Å²) in [7, 11) is 2.67. The van der Waals surface area contributed by atoms with Crippen molar-refractivity contribution in [3.63, 3.8) is 0 Å². The van der Waals surface area contributed by atoms with Gasteiger partial charge >= 0.3 is 0 Å². The molecule has 0 bridgehead atoms. The summed E-state index contributed by atoms with van der Waals surface area (Å²) in [5, 5.41) is 16.0. The van der Waals surface area contributed by atoms with E-state index >= 15 is 0 Å². The minimum absolute atomic E-state index is 0.0628. The van der Waals surface area contributed by atoms with E-state index in [1.165, 1.54) is 11.8 Å². The van der Waals surface area contributed by atoms with Crippen LogP contribution in [-0.2, 0) is 16.0 Å². The molecule has 0 atom stereocenters. The van der Waals surface area contributed by atoms with Crippen molar-refractivity contribution in [2.24, 2.45) is 0 Å². The molecule has 0 radical (unpaired) electrons. The Bertz CT molecular complexity index is 1280. The normalized spacial score (nSPS) is 11.2. The number of amides is 1. The Hall–Kier alpha value is -3.52. The second-order valence-electron chi connectivity index (χ2n) is 9.96. The summed E-state index contributed by atoms with van der Waals surface area (Å²) in [5.74, 6) is 0.458. The molecule has 0 aliphatic rings. The van der Waals surface area contributed by atoms with Crippen molar-refractivity contribution in [2.45, 2.75) is 60.0 Å². The molecule has 8 heteroatoms. The molecule has 0 aliphatic heterocycles. The number of benzene rings is 2. The topological polar surface area (TPSA) is 100.0 Å². The zero-order chi connectivity index (χ0) is 31.2. The van der Waals surface area contributed by atoms with Crippen LogP contribution in [-0.4, -0.2) is 58.7 Å². The molecule has 3 rings (SSSR count). The fraction of sp³-hybridized carbons (Fsp3) is 0.364. The van der Waals surface area contributed by atoms with Gasteiger partial charge in [-0.2, -0.15) is 0 Å². The molecule has 222 valence electrons. The number of aliphatic hydroxyl groups excluding tert-OH is 1. The Labute approximate surface area is 249 Å². The van der Waals surface area contributed by atoms with Gasteiger partial charge in [-0.25, -0.2) is 0 Å². The number of aldehydes is 1. The monoisotopic (exact) mass is 582 g/mol. The van der Waals surface area contributed by atoms with E-state index in [1.54, 1.807) is 40.2 Å². The minimum Gasteiger partial charge on any atom is -0.492 e. The molecule has 0 aliphatic carbocycles. The summed E-state index contributed by atoms with van der Waals surface area (Å²) in [5.41, 5.74) is 5.43. The highest BCUT2D eigenvalue weighted by atomic mass is 35.5. The fourth-order valence-corrected chi connectivity index (χ4v) is 4.23. The van der Waals surface area contributed by atoms with Gasteiger partial charge in [-0.15, -0.1) is 0 Å². The van der Waals surface area contributed by atoms with Gasteiger partial charge in [0.15, 0.2) is 0 Å². The molecule has 3 aromatic rings. The molecule has 1 amide bonds. The maximum absolute atomic E-state index is 12.3. The maximum atomic E-state index is 12.3. The molecule has 0 spiro atoms. The second-order valence-corrected chi connectivity index (χ2v) is 10.3. The highest BCUT2D eigenvalue weighted by Gasteiger charge is 2.22. The molecular formula is C33H43ClN2O5. The molecule has 2 N–H and O–H groups in total. The van der Waals surface area contributed by atoms with E-state index < -0.39 is 5.60 Å². The third-order valence-electron chi connectivity index (χ3n) is 5.75. The smallest absolute Gasteiger partial charge is 0.223 e. The molecule has 1 aromatic heterocycles. The average Bonchev–Trinajstić information content (AvgIpc) is 2.95. The van der Waals surface area contributed by atoms with Crippen molar-refractivity contribution in [3.8, 4) is 16.9 Å². The first-order valence-corrected chi connectivity index (χ1v) is 13.8. The van der Waals surface area contributed by atoms with Crippen LogP contribution in [0.2, 0.25) is 5.02 Å². The van der Waals surface area contributed by atoms with Crippen LogP contribution in [0.15, 0.2) is 66.6 Å². The first-order valence-electron chi connectivity index (χ1n) is 13.5. The van der Waals surface area contributed by atoms with Crippen LogP contribution in [0, 0.1) is 0 Å². The lowest BCUT2D eigenvalue weighted by Gasteiger charge is -2.25. The van der Waals surface area contributed by atoms with Crippen molar-refractivity contribution >= 4 is 29.4 Å². The van der Waals surface area contributed by atoms with Gasteiger partial charge in [0.1, 0.15) is 12.0 Å². The number of aliphatic hydroxyl groups is 2. The Kier molecular flexibility index (Phi) is 15.0. The summed E-state index contributed by atoms with van der Waals surface area (Å²) >= 11 is 6.91. The van der Waals surface area contributed by atoms with Crippen molar-refractivity contribution in [1.82, 2.24) is 9.88 Å². The fourth-order valence-electron chi connectivity index (χ4n) is 3.89. The van der Waals surface area contributed by atoms with Crippen LogP contribution in [0.4, 0.5) is 0 Å². The molecule has 2 aromatic carbocycles. The Morgan fingerprint density at radius 2 is 1.54 bits per heavy atom. The van der Waals surface area contributed by atoms with E-state index in [0.29, 0.717) is 28.6 Å². The number of hydrogen-bond acceptors (Lipinski definition) is 6. The number of allylic oxidation sites excluding steroid dienone is 1. The van der Waals surface area contributed by atoms with E-state index in [0.717, 1.165) is 47.6 Å². The molecule has 1 heterocycles. The summed E-state index contributed by atoms with van der Waals surface area (Å²) in [4.78, 5) is 29.6. The van der Waals surface area contributed by atoms with Crippen LogP contribution in [0.5, 0.6) is 5.75 Å². The van der Waals surface area contributed by atoms with Crippen molar-refractivity contribution in [3.05, 3.63) is 88.3 Å². The number of aryl methyl sites for hydroxylation is 1.